The van der Waals surface area contributed by atoms with E-state index >= 15 is 0 Å². The van der Waals surface area contributed by atoms with Gasteiger partial charge in [-0.1, -0.05) is 18.2 Å². The van der Waals surface area contributed by atoms with Gasteiger partial charge in [0, 0.05) is 49.7 Å². The number of aromatic amines is 1. The number of fused-ring (bicyclic) bond motifs is 1. The first-order valence-electron chi connectivity index (χ1n) is 9.09. The van der Waals surface area contributed by atoms with Gasteiger partial charge in [0.05, 0.1) is 6.04 Å². The summed E-state index contributed by atoms with van der Waals surface area (Å²) < 4.78 is 0. The fraction of sp³-hybridized carbons (Fsp3) is 0.474. The van der Waals surface area contributed by atoms with Crippen LogP contribution in [-0.2, 0) is 11.2 Å². The molecule has 25 heavy (non-hydrogen) atoms. The molecule has 0 unspecified atom stereocenters. The summed E-state index contributed by atoms with van der Waals surface area (Å²) in [5.74, 6) is 0.189. The topological polar surface area (TPSA) is 68.4 Å². The molecule has 0 saturated carbocycles. The highest BCUT2D eigenvalue weighted by Gasteiger charge is 2.32. The molecule has 6 nitrogen and oxygen atoms in total. The lowest BCUT2D eigenvalue weighted by molar-refractivity contribution is -0.133. The zero-order chi connectivity index (χ0) is 17.2. The van der Waals surface area contributed by atoms with E-state index in [0.29, 0.717) is 19.5 Å². The molecule has 2 saturated heterocycles. The van der Waals surface area contributed by atoms with Crippen LogP contribution in [0.5, 0.6) is 0 Å². The summed E-state index contributed by atoms with van der Waals surface area (Å²) in [5.41, 5.74) is 2.31. The fourth-order valence-electron chi connectivity index (χ4n) is 4.01. The molecule has 4 rings (SSSR count). The Labute approximate surface area is 147 Å². The lowest BCUT2D eigenvalue weighted by Gasteiger charge is -2.37. The minimum Gasteiger partial charge on any atom is -0.361 e. The number of amides is 3. The molecule has 1 atom stereocenters. The van der Waals surface area contributed by atoms with Crippen LogP contribution in [0.1, 0.15) is 24.8 Å². The first-order chi connectivity index (χ1) is 12.2. The number of aryl methyl sites for hydroxylation is 1. The largest absolute Gasteiger partial charge is 0.361 e. The zero-order valence-electron chi connectivity index (χ0n) is 14.3. The molecule has 1 aromatic heterocycles. The Morgan fingerprint density at radius 2 is 2.12 bits per heavy atom. The van der Waals surface area contributed by atoms with Crippen LogP contribution < -0.4 is 5.32 Å². The van der Waals surface area contributed by atoms with Gasteiger partial charge >= 0.3 is 6.03 Å². The number of para-hydroxylation sites is 1. The third kappa shape index (κ3) is 3.21. The lowest BCUT2D eigenvalue weighted by atomic mass is 10.0. The lowest BCUT2D eigenvalue weighted by Crippen LogP contribution is -2.50. The Morgan fingerprint density at radius 1 is 1.24 bits per heavy atom. The van der Waals surface area contributed by atoms with Gasteiger partial charge in [0.1, 0.15) is 0 Å². The summed E-state index contributed by atoms with van der Waals surface area (Å²) in [6.45, 7) is 2.93. The minimum absolute atomic E-state index is 0.0121. The van der Waals surface area contributed by atoms with Gasteiger partial charge in [-0.3, -0.25) is 4.79 Å². The van der Waals surface area contributed by atoms with Crippen molar-refractivity contribution in [1.29, 1.82) is 0 Å². The summed E-state index contributed by atoms with van der Waals surface area (Å²) in [4.78, 5) is 31.6. The van der Waals surface area contributed by atoms with Crippen molar-refractivity contribution in [3.05, 3.63) is 36.0 Å². The van der Waals surface area contributed by atoms with E-state index in [4.69, 9.17) is 0 Å². The van der Waals surface area contributed by atoms with Crippen LogP contribution in [0, 0.1) is 0 Å². The maximum Gasteiger partial charge on any atom is 0.317 e. The van der Waals surface area contributed by atoms with E-state index in [1.165, 1.54) is 10.9 Å². The molecule has 1 aromatic carbocycles. The van der Waals surface area contributed by atoms with E-state index in [0.717, 1.165) is 37.9 Å². The molecule has 3 heterocycles. The maximum atomic E-state index is 12.7. The van der Waals surface area contributed by atoms with Gasteiger partial charge in [0.15, 0.2) is 0 Å². The summed E-state index contributed by atoms with van der Waals surface area (Å²) >= 11 is 0. The number of hydrogen-bond donors (Lipinski definition) is 2. The molecule has 6 heteroatoms. The first-order valence-corrected chi connectivity index (χ1v) is 9.09. The second kappa shape index (κ2) is 6.78. The number of urea groups is 1. The van der Waals surface area contributed by atoms with E-state index < -0.39 is 0 Å². The molecule has 3 amide bonds. The maximum absolute atomic E-state index is 12.7. The highest BCUT2D eigenvalue weighted by atomic mass is 16.2. The van der Waals surface area contributed by atoms with Crippen LogP contribution in [0.15, 0.2) is 30.5 Å². The monoisotopic (exact) mass is 340 g/mol. The van der Waals surface area contributed by atoms with Crippen molar-refractivity contribution < 1.29 is 9.59 Å². The SMILES string of the molecule is O=C(CCc1c[nH]c2ccccc12)N1CCC[C@@H](N2CCNC2=O)C1. The van der Waals surface area contributed by atoms with Crippen molar-refractivity contribution in [1.82, 2.24) is 20.1 Å². The van der Waals surface area contributed by atoms with E-state index in [1.54, 1.807) is 0 Å². The summed E-state index contributed by atoms with van der Waals surface area (Å²) in [5, 5.41) is 4.05. The van der Waals surface area contributed by atoms with Gasteiger partial charge in [-0.25, -0.2) is 4.79 Å². The normalized spacial score (nSPS) is 21.0. The third-order valence-corrected chi connectivity index (χ3v) is 5.36. The average molecular weight is 340 g/mol. The fourth-order valence-corrected chi connectivity index (χ4v) is 4.01. The van der Waals surface area contributed by atoms with Crippen molar-refractivity contribution in [2.24, 2.45) is 0 Å². The molecule has 2 aliphatic rings. The number of piperidine rings is 1. The summed E-state index contributed by atoms with van der Waals surface area (Å²) in [7, 11) is 0. The number of rotatable bonds is 4. The molecule has 0 bridgehead atoms. The van der Waals surface area contributed by atoms with Gasteiger partial charge in [-0.2, -0.15) is 0 Å². The van der Waals surface area contributed by atoms with Crippen molar-refractivity contribution in [3.8, 4) is 0 Å². The summed E-state index contributed by atoms with van der Waals surface area (Å²) in [6, 6.07) is 8.35. The number of benzene rings is 1. The molecule has 2 aliphatic heterocycles. The van der Waals surface area contributed by atoms with Crippen LogP contribution in [0.25, 0.3) is 10.9 Å². The Bertz CT molecular complexity index is 785. The molecule has 0 spiro atoms. The van der Waals surface area contributed by atoms with Gasteiger partial charge in [-0.05, 0) is 30.9 Å². The highest BCUT2D eigenvalue weighted by Crippen LogP contribution is 2.21. The first kappa shape index (κ1) is 16.0. The number of carbonyl (C=O) groups is 2. The van der Waals surface area contributed by atoms with Crippen molar-refractivity contribution in [2.75, 3.05) is 26.2 Å². The Balaban J connectivity index is 1.36. The zero-order valence-corrected chi connectivity index (χ0v) is 14.3. The molecular weight excluding hydrogens is 316 g/mol. The number of hydrogen-bond acceptors (Lipinski definition) is 2. The third-order valence-electron chi connectivity index (χ3n) is 5.36. The van der Waals surface area contributed by atoms with Gasteiger partial charge in [0.25, 0.3) is 0 Å². The number of likely N-dealkylation sites (tertiary alicyclic amines) is 1. The van der Waals surface area contributed by atoms with E-state index in [9.17, 15) is 9.59 Å². The number of nitrogens with one attached hydrogen (secondary N) is 2. The van der Waals surface area contributed by atoms with Crippen molar-refractivity contribution in [3.63, 3.8) is 0 Å². The van der Waals surface area contributed by atoms with Crippen LogP contribution in [-0.4, -0.2) is 58.9 Å². The Morgan fingerprint density at radius 3 is 2.96 bits per heavy atom. The molecule has 2 aromatic rings. The van der Waals surface area contributed by atoms with Gasteiger partial charge < -0.3 is 20.1 Å². The second-order valence-corrected chi connectivity index (χ2v) is 6.92. The Hall–Kier alpha value is -2.50. The van der Waals surface area contributed by atoms with E-state index in [1.807, 2.05) is 28.1 Å². The van der Waals surface area contributed by atoms with E-state index in [-0.39, 0.29) is 18.0 Å². The van der Waals surface area contributed by atoms with Crippen LogP contribution in [0.4, 0.5) is 4.79 Å². The smallest absolute Gasteiger partial charge is 0.317 e. The van der Waals surface area contributed by atoms with Crippen molar-refractivity contribution >= 4 is 22.8 Å². The number of carbonyl (C=O) groups excluding carboxylic acids is 2. The molecule has 2 N–H and O–H groups in total. The van der Waals surface area contributed by atoms with E-state index in [2.05, 4.69) is 22.4 Å². The minimum atomic E-state index is 0.0121. The number of nitrogens with zero attached hydrogens (tertiary/aromatic N) is 2. The predicted octanol–water partition coefficient (Wildman–Crippen LogP) is 2.12. The quantitative estimate of drug-likeness (QED) is 0.895. The van der Waals surface area contributed by atoms with Crippen LogP contribution in [0.2, 0.25) is 0 Å². The Kier molecular flexibility index (Phi) is 4.34. The average Bonchev–Trinajstić information content (AvgIpc) is 3.26. The van der Waals surface area contributed by atoms with Crippen LogP contribution in [0.3, 0.4) is 0 Å². The molecule has 0 aliphatic carbocycles. The molecular formula is C19H24N4O2. The number of H-pyrrole nitrogens is 1. The molecule has 132 valence electrons. The van der Waals surface area contributed by atoms with Crippen LogP contribution >= 0.6 is 0 Å². The summed E-state index contributed by atoms with van der Waals surface area (Å²) in [6.07, 6.45) is 5.22. The standard InChI is InChI=1S/C19H24N4O2/c24-18(8-7-14-12-21-17-6-2-1-5-16(14)17)22-10-3-4-15(13-22)23-11-9-20-19(23)25/h1-2,5-6,12,15,21H,3-4,7-11,13H2,(H,20,25)/t15-/m1/s1. The predicted molar refractivity (Wildman–Crippen MR) is 96.3 cm³/mol. The van der Waals surface area contributed by atoms with Gasteiger partial charge in [0.2, 0.25) is 5.91 Å². The van der Waals surface area contributed by atoms with Crippen molar-refractivity contribution in [2.45, 2.75) is 31.7 Å². The number of aromatic nitrogens is 1. The molecule has 2 fully saturated rings. The highest BCUT2D eigenvalue weighted by molar-refractivity contribution is 5.84. The van der Waals surface area contributed by atoms with Gasteiger partial charge in [-0.15, -0.1) is 0 Å². The second-order valence-electron chi connectivity index (χ2n) is 6.92. The molecule has 0 radical (unpaired) electrons.